The third-order valence-corrected chi connectivity index (χ3v) is 4.20. The first-order valence-corrected chi connectivity index (χ1v) is 7.47. The highest BCUT2D eigenvalue weighted by atomic mass is 16.5. The first-order chi connectivity index (χ1) is 9.65. The van der Waals surface area contributed by atoms with Gasteiger partial charge in [-0.15, -0.1) is 0 Å². The number of rotatable bonds is 6. The van der Waals surface area contributed by atoms with Gasteiger partial charge >= 0.3 is 0 Å². The van der Waals surface area contributed by atoms with Gasteiger partial charge in [-0.2, -0.15) is 5.26 Å². The molecule has 1 atom stereocenters. The molecule has 2 rings (SSSR count). The minimum atomic E-state index is -0.422. The summed E-state index contributed by atoms with van der Waals surface area (Å²) >= 11 is 0. The average Bonchev–Trinajstić information content (AvgIpc) is 2.98. The van der Waals surface area contributed by atoms with Crippen LogP contribution in [0, 0.1) is 11.3 Å². The van der Waals surface area contributed by atoms with E-state index in [0.29, 0.717) is 6.04 Å². The van der Waals surface area contributed by atoms with Gasteiger partial charge in [-0.1, -0.05) is 25.0 Å². The monoisotopic (exact) mass is 272 g/mol. The second-order valence-electron chi connectivity index (χ2n) is 5.92. The summed E-state index contributed by atoms with van der Waals surface area (Å²) in [5.41, 5.74) is 0.829. The molecule has 108 valence electrons. The zero-order chi connectivity index (χ0) is 14.4. The number of methoxy groups -OCH3 is 1. The molecule has 1 aromatic rings. The first-order valence-electron chi connectivity index (χ1n) is 7.47. The van der Waals surface area contributed by atoms with Crippen molar-refractivity contribution < 1.29 is 4.74 Å². The minimum absolute atomic E-state index is 0.422. The molecule has 3 heteroatoms. The number of hydrogen-bond acceptors (Lipinski definition) is 3. The molecule has 20 heavy (non-hydrogen) atoms. The fraction of sp³-hybridized carbons (Fsp3) is 0.588. The summed E-state index contributed by atoms with van der Waals surface area (Å²) in [7, 11) is 1.67. The number of aryl methyl sites for hydroxylation is 1. The summed E-state index contributed by atoms with van der Waals surface area (Å²) in [5, 5.41) is 13.0. The van der Waals surface area contributed by atoms with Gasteiger partial charge in [-0.3, -0.25) is 5.32 Å². The van der Waals surface area contributed by atoms with Crippen LogP contribution in [0.5, 0.6) is 5.75 Å². The van der Waals surface area contributed by atoms with E-state index in [1.807, 2.05) is 19.1 Å². The van der Waals surface area contributed by atoms with Gasteiger partial charge in [0.05, 0.1) is 13.2 Å². The van der Waals surface area contributed by atoms with Crippen molar-refractivity contribution in [3.05, 3.63) is 29.8 Å². The zero-order valence-corrected chi connectivity index (χ0v) is 12.5. The highest BCUT2D eigenvalue weighted by molar-refractivity contribution is 5.27. The largest absolute Gasteiger partial charge is 0.497 e. The molecule has 1 fully saturated rings. The molecule has 1 aliphatic rings. The minimum Gasteiger partial charge on any atom is -0.497 e. The molecule has 0 heterocycles. The molecular weight excluding hydrogens is 248 g/mol. The highest BCUT2D eigenvalue weighted by Gasteiger charge is 2.28. The normalized spacial score (nSPS) is 18.4. The fourth-order valence-electron chi connectivity index (χ4n) is 2.87. The lowest BCUT2D eigenvalue weighted by molar-refractivity contribution is 0.359. The molecule has 0 aliphatic heterocycles. The Labute approximate surface area is 121 Å². The van der Waals surface area contributed by atoms with Gasteiger partial charge in [0.1, 0.15) is 11.3 Å². The quantitative estimate of drug-likeness (QED) is 0.862. The van der Waals surface area contributed by atoms with Crippen LogP contribution in [0.1, 0.15) is 44.6 Å². The molecule has 1 aliphatic carbocycles. The molecule has 1 saturated carbocycles. The van der Waals surface area contributed by atoms with Crippen molar-refractivity contribution in [1.82, 2.24) is 5.32 Å². The standard InChI is InChI=1S/C17H24N2O/c1-17(13-18,19-15-5-3-4-6-15)12-11-14-7-9-16(20-2)10-8-14/h7-10,15,19H,3-6,11-12H2,1-2H3. The van der Waals surface area contributed by atoms with E-state index < -0.39 is 5.54 Å². The van der Waals surface area contributed by atoms with Crippen molar-refractivity contribution in [2.24, 2.45) is 0 Å². The summed E-state index contributed by atoms with van der Waals surface area (Å²) in [4.78, 5) is 0. The Balaban J connectivity index is 1.90. The van der Waals surface area contributed by atoms with Crippen LogP contribution in [-0.4, -0.2) is 18.7 Å². The van der Waals surface area contributed by atoms with E-state index in [9.17, 15) is 5.26 Å². The molecule has 0 bridgehead atoms. The second-order valence-corrected chi connectivity index (χ2v) is 5.92. The van der Waals surface area contributed by atoms with E-state index >= 15 is 0 Å². The van der Waals surface area contributed by atoms with Crippen molar-refractivity contribution in [1.29, 1.82) is 5.26 Å². The lowest BCUT2D eigenvalue weighted by Gasteiger charge is -2.27. The molecule has 0 radical (unpaired) electrons. The number of nitriles is 1. The first kappa shape index (κ1) is 14.9. The fourth-order valence-corrected chi connectivity index (χ4v) is 2.87. The molecule has 1 N–H and O–H groups in total. The average molecular weight is 272 g/mol. The molecule has 1 unspecified atom stereocenters. The van der Waals surface area contributed by atoms with E-state index in [0.717, 1.165) is 18.6 Å². The van der Waals surface area contributed by atoms with Crippen LogP contribution in [0.3, 0.4) is 0 Å². The van der Waals surface area contributed by atoms with Crippen LogP contribution in [0.25, 0.3) is 0 Å². The lowest BCUT2D eigenvalue weighted by atomic mass is 9.93. The molecule has 3 nitrogen and oxygen atoms in total. The van der Waals surface area contributed by atoms with Gasteiger partial charge in [0.15, 0.2) is 0 Å². The molecular formula is C17H24N2O. The second kappa shape index (κ2) is 6.76. The molecule has 0 aromatic heterocycles. The highest BCUT2D eigenvalue weighted by Crippen LogP contribution is 2.23. The Hall–Kier alpha value is -1.53. The van der Waals surface area contributed by atoms with E-state index in [2.05, 4.69) is 23.5 Å². The Kier molecular flexibility index (Phi) is 5.03. The molecule has 1 aromatic carbocycles. The molecule has 0 spiro atoms. The third-order valence-electron chi connectivity index (χ3n) is 4.20. The van der Waals surface area contributed by atoms with E-state index in [1.54, 1.807) is 7.11 Å². The maximum absolute atomic E-state index is 9.47. The predicted octanol–water partition coefficient (Wildman–Crippen LogP) is 3.44. The van der Waals surface area contributed by atoms with Crippen molar-refractivity contribution in [3.63, 3.8) is 0 Å². The molecule has 0 saturated heterocycles. The van der Waals surface area contributed by atoms with Crippen molar-refractivity contribution in [2.45, 2.75) is 57.0 Å². The summed E-state index contributed by atoms with van der Waals surface area (Å²) in [6.07, 6.45) is 6.75. The number of nitrogens with one attached hydrogen (secondary N) is 1. The van der Waals surface area contributed by atoms with Crippen LogP contribution < -0.4 is 10.1 Å². The van der Waals surface area contributed by atoms with Gasteiger partial charge in [-0.05, 0) is 50.3 Å². The van der Waals surface area contributed by atoms with Crippen molar-refractivity contribution >= 4 is 0 Å². The Morgan fingerprint density at radius 1 is 1.30 bits per heavy atom. The van der Waals surface area contributed by atoms with Crippen LogP contribution in [-0.2, 0) is 6.42 Å². The van der Waals surface area contributed by atoms with Crippen LogP contribution in [0.15, 0.2) is 24.3 Å². The summed E-state index contributed by atoms with van der Waals surface area (Å²) in [6, 6.07) is 11.1. The summed E-state index contributed by atoms with van der Waals surface area (Å²) in [5.74, 6) is 0.876. The van der Waals surface area contributed by atoms with Gasteiger partial charge in [0.25, 0.3) is 0 Å². The smallest absolute Gasteiger partial charge is 0.118 e. The number of benzene rings is 1. The van der Waals surface area contributed by atoms with E-state index in [4.69, 9.17) is 4.74 Å². The van der Waals surface area contributed by atoms with Gasteiger partial charge in [0, 0.05) is 6.04 Å². The predicted molar refractivity (Wildman–Crippen MR) is 80.7 cm³/mol. The summed E-state index contributed by atoms with van der Waals surface area (Å²) < 4.78 is 5.16. The Morgan fingerprint density at radius 3 is 2.50 bits per heavy atom. The SMILES string of the molecule is COc1ccc(CCC(C)(C#N)NC2CCCC2)cc1. The Bertz CT molecular complexity index is 457. The maximum Gasteiger partial charge on any atom is 0.118 e. The third kappa shape index (κ3) is 3.98. The van der Waals surface area contributed by atoms with Gasteiger partial charge in [0.2, 0.25) is 0 Å². The lowest BCUT2D eigenvalue weighted by Crippen LogP contribution is -2.46. The van der Waals surface area contributed by atoms with E-state index in [1.165, 1.54) is 31.2 Å². The zero-order valence-electron chi connectivity index (χ0n) is 12.5. The number of hydrogen-bond donors (Lipinski definition) is 1. The summed E-state index contributed by atoms with van der Waals surface area (Å²) in [6.45, 7) is 2.02. The topological polar surface area (TPSA) is 45.0 Å². The van der Waals surface area contributed by atoms with E-state index in [-0.39, 0.29) is 0 Å². The maximum atomic E-state index is 9.47. The number of ether oxygens (including phenoxy) is 1. The van der Waals surface area contributed by atoms with Crippen molar-refractivity contribution in [2.75, 3.05) is 7.11 Å². The number of nitrogens with zero attached hydrogens (tertiary/aromatic N) is 1. The Morgan fingerprint density at radius 2 is 1.95 bits per heavy atom. The van der Waals surface area contributed by atoms with Crippen LogP contribution >= 0.6 is 0 Å². The van der Waals surface area contributed by atoms with Crippen molar-refractivity contribution in [3.8, 4) is 11.8 Å². The van der Waals surface area contributed by atoms with Gasteiger partial charge in [-0.25, -0.2) is 0 Å². The van der Waals surface area contributed by atoms with Crippen LogP contribution in [0.2, 0.25) is 0 Å². The molecule has 0 amide bonds. The van der Waals surface area contributed by atoms with Crippen LogP contribution in [0.4, 0.5) is 0 Å². The van der Waals surface area contributed by atoms with Gasteiger partial charge < -0.3 is 4.74 Å².